The van der Waals surface area contributed by atoms with E-state index < -0.39 is 10.8 Å². The molecule has 0 aliphatic carbocycles. The third-order valence-electron chi connectivity index (χ3n) is 4.66. The summed E-state index contributed by atoms with van der Waals surface area (Å²) < 4.78 is 5.70. The number of nitrogens with zero attached hydrogens (tertiary/aromatic N) is 2. The maximum Gasteiger partial charge on any atom is 0.298 e. The molecule has 1 saturated heterocycles. The van der Waals surface area contributed by atoms with E-state index >= 15 is 0 Å². The zero-order chi connectivity index (χ0) is 21.3. The van der Waals surface area contributed by atoms with Crippen molar-refractivity contribution in [2.75, 3.05) is 4.90 Å². The van der Waals surface area contributed by atoms with Crippen molar-refractivity contribution in [2.24, 2.45) is 0 Å². The van der Waals surface area contributed by atoms with Crippen molar-refractivity contribution in [1.82, 2.24) is 0 Å². The van der Waals surface area contributed by atoms with Crippen LogP contribution in [0.15, 0.2) is 70.0 Å². The first-order valence-corrected chi connectivity index (χ1v) is 10.00. The second kappa shape index (κ2) is 8.00. The number of furan rings is 1. The van der Waals surface area contributed by atoms with E-state index in [4.69, 9.17) is 4.42 Å². The van der Waals surface area contributed by atoms with E-state index in [-0.39, 0.29) is 15.8 Å². The lowest BCUT2D eigenvalue weighted by molar-refractivity contribution is -0.384. The number of aryl methyl sites for hydroxylation is 1. The van der Waals surface area contributed by atoms with Crippen molar-refractivity contribution in [3.8, 4) is 11.3 Å². The van der Waals surface area contributed by atoms with Gasteiger partial charge in [-0.15, -0.1) is 0 Å². The molecule has 30 heavy (non-hydrogen) atoms. The van der Waals surface area contributed by atoms with Crippen LogP contribution >= 0.6 is 11.8 Å². The molecule has 2 aromatic carbocycles. The molecule has 150 valence electrons. The molecule has 8 heteroatoms. The molecule has 0 N–H and O–H groups in total. The number of amides is 2. The lowest BCUT2D eigenvalue weighted by atomic mass is 10.1. The van der Waals surface area contributed by atoms with Gasteiger partial charge in [0.1, 0.15) is 11.5 Å². The fourth-order valence-corrected chi connectivity index (χ4v) is 3.94. The average Bonchev–Trinajstić information content (AvgIpc) is 3.32. The van der Waals surface area contributed by atoms with Crippen LogP contribution in [0.3, 0.4) is 0 Å². The molecule has 2 heterocycles. The number of hydrogen-bond acceptors (Lipinski definition) is 6. The maximum atomic E-state index is 12.8. The minimum absolute atomic E-state index is 0.0748. The maximum absolute atomic E-state index is 12.8. The highest BCUT2D eigenvalue weighted by Gasteiger charge is 2.36. The summed E-state index contributed by atoms with van der Waals surface area (Å²) in [6, 6.07) is 16.7. The highest BCUT2D eigenvalue weighted by Crippen LogP contribution is 2.37. The topological polar surface area (TPSA) is 93.7 Å². The van der Waals surface area contributed by atoms with Gasteiger partial charge in [0, 0.05) is 12.1 Å². The molecule has 0 bridgehead atoms. The molecule has 0 atom stereocenters. The Hall–Kier alpha value is -3.65. The van der Waals surface area contributed by atoms with Gasteiger partial charge >= 0.3 is 0 Å². The van der Waals surface area contributed by atoms with Crippen molar-refractivity contribution >= 4 is 40.4 Å². The molecule has 1 fully saturated rings. The Bertz CT molecular complexity index is 1180. The van der Waals surface area contributed by atoms with Gasteiger partial charge in [0.25, 0.3) is 16.8 Å². The van der Waals surface area contributed by atoms with Crippen LogP contribution in [0.4, 0.5) is 16.2 Å². The Balaban J connectivity index is 1.61. The zero-order valence-corrected chi connectivity index (χ0v) is 16.7. The van der Waals surface area contributed by atoms with Gasteiger partial charge in [-0.2, -0.15) is 0 Å². The first-order valence-electron chi connectivity index (χ1n) is 9.18. The van der Waals surface area contributed by atoms with E-state index in [0.717, 1.165) is 28.6 Å². The molecule has 7 nitrogen and oxygen atoms in total. The van der Waals surface area contributed by atoms with Crippen LogP contribution in [-0.2, 0) is 11.2 Å². The minimum atomic E-state index is -0.479. The first-order chi connectivity index (χ1) is 14.5. The van der Waals surface area contributed by atoms with E-state index in [9.17, 15) is 19.7 Å². The fraction of sp³-hybridized carbons (Fsp3) is 0.0909. The van der Waals surface area contributed by atoms with Crippen LogP contribution in [-0.4, -0.2) is 16.1 Å². The van der Waals surface area contributed by atoms with E-state index in [0.29, 0.717) is 22.8 Å². The molecule has 1 aromatic heterocycles. The summed E-state index contributed by atoms with van der Waals surface area (Å²) in [6.07, 6.45) is 2.34. The van der Waals surface area contributed by atoms with E-state index in [1.54, 1.807) is 42.5 Å². The SMILES string of the molecule is CCc1ccc(N2C(=O)S/C(=C/c3ccc(-c4ccccc4[N+](=O)[O-])o3)C2=O)cc1. The van der Waals surface area contributed by atoms with Gasteiger partial charge in [0.2, 0.25) is 0 Å². The van der Waals surface area contributed by atoms with Crippen LogP contribution in [0.1, 0.15) is 18.2 Å². The molecule has 4 rings (SSSR count). The number of carbonyl (C=O) groups excluding carboxylic acids is 2. The number of anilines is 1. The lowest BCUT2D eigenvalue weighted by Gasteiger charge is -2.12. The largest absolute Gasteiger partial charge is 0.456 e. The monoisotopic (exact) mass is 420 g/mol. The van der Waals surface area contributed by atoms with Crippen LogP contribution < -0.4 is 4.90 Å². The van der Waals surface area contributed by atoms with Crippen LogP contribution in [0.25, 0.3) is 17.4 Å². The summed E-state index contributed by atoms with van der Waals surface area (Å²) in [6.45, 7) is 2.03. The number of para-hydroxylation sites is 1. The van der Waals surface area contributed by atoms with Gasteiger partial charge in [-0.05, 0) is 54.1 Å². The van der Waals surface area contributed by atoms with Crippen LogP contribution in [0.2, 0.25) is 0 Å². The van der Waals surface area contributed by atoms with Gasteiger partial charge in [0.15, 0.2) is 0 Å². The minimum Gasteiger partial charge on any atom is -0.456 e. The van der Waals surface area contributed by atoms with Gasteiger partial charge < -0.3 is 4.42 Å². The number of nitro groups is 1. The molecule has 1 aliphatic rings. The second-order valence-corrected chi connectivity index (χ2v) is 7.51. The van der Waals surface area contributed by atoms with Crippen molar-refractivity contribution in [2.45, 2.75) is 13.3 Å². The quantitative estimate of drug-likeness (QED) is 0.300. The molecular formula is C22H16N2O5S. The number of imide groups is 1. The Morgan fingerprint density at radius 3 is 2.50 bits per heavy atom. The van der Waals surface area contributed by atoms with Crippen molar-refractivity contribution < 1.29 is 18.9 Å². The summed E-state index contributed by atoms with van der Waals surface area (Å²) >= 11 is 0.825. The second-order valence-electron chi connectivity index (χ2n) is 6.51. The molecule has 1 aliphatic heterocycles. The third-order valence-corrected chi connectivity index (χ3v) is 5.53. The number of thioether (sulfide) groups is 1. The first kappa shape index (κ1) is 19.7. The summed E-state index contributed by atoms with van der Waals surface area (Å²) in [4.78, 5) is 37.3. The van der Waals surface area contributed by atoms with Crippen LogP contribution in [0, 0.1) is 10.1 Å². The fourth-order valence-electron chi connectivity index (χ4n) is 3.12. The van der Waals surface area contributed by atoms with E-state index in [1.807, 2.05) is 19.1 Å². The Kier molecular flexibility index (Phi) is 5.24. The predicted octanol–water partition coefficient (Wildman–Crippen LogP) is 5.66. The Morgan fingerprint density at radius 2 is 1.80 bits per heavy atom. The molecule has 0 saturated carbocycles. The summed E-state index contributed by atoms with van der Waals surface area (Å²) in [5, 5.41) is 10.8. The van der Waals surface area contributed by atoms with Crippen molar-refractivity contribution in [3.63, 3.8) is 0 Å². The highest BCUT2D eigenvalue weighted by molar-refractivity contribution is 8.19. The van der Waals surface area contributed by atoms with Gasteiger partial charge in [-0.3, -0.25) is 19.7 Å². The highest BCUT2D eigenvalue weighted by atomic mass is 32.2. The van der Waals surface area contributed by atoms with Gasteiger partial charge in [-0.1, -0.05) is 31.2 Å². The number of nitro benzene ring substituents is 1. The number of benzene rings is 2. The zero-order valence-electron chi connectivity index (χ0n) is 15.9. The number of rotatable bonds is 5. The van der Waals surface area contributed by atoms with Crippen LogP contribution in [0.5, 0.6) is 0 Å². The molecule has 0 unspecified atom stereocenters. The van der Waals surface area contributed by atoms with Crippen molar-refractivity contribution in [1.29, 1.82) is 0 Å². The van der Waals surface area contributed by atoms with E-state index in [2.05, 4.69) is 0 Å². The summed E-state index contributed by atoms with van der Waals surface area (Å²) in [5.74, 6) is 0.204. The predicted molar refractivity (Wildman–Crippen MR) is 115 cm³/mol. The normalized spacial score (nSPS) is 15.2. The molecule has 0 spiro atoms. The van der Waals surface area contributed by atoms with Gasteiger partial charge in [-0.25, -0.2) is 4.90 Å². The summed E-state index contributed by atoms with van der Waals surface area (Å²) in [5.41, 5.74) is 1.89. The molecular weight excluding hydrogens is 404 g/mol. The van der Waals surface area contributed by atoms with Gasteiger partial charge in [0.05, 0.1) is 21.1 Å². The lowest BCUT2D eigenvalue weighted by Crippen LogP contribution is -2.27. The molecule has 0 radical (unpaired) electrons. The average molecular weight is 420 g/mol. The molecule has 3 aromatic rings. The number of hydrogen-bond donors (Lipinski definition) is 0. The Labute approximate surface area is 176 Å². The molecule has 2 amide bonds. The third kappa shape index (κ3) is 3.65. The number of carbonyl (C=O) groups is 2. The standard InChI is InChI=1S/C22H16N2O5S/c1-2-14-7-9-15(10-8-14)23-21(25)20(30-22(23)26)13-16-11-12-19(29-16)17-5-3-4-6-18(17)24(27)28/h3-13H,2H2,1H3/b20-13+. The van der Waals surface area contributed by atoms with E-state index in [1.165, 1.54) is 12.1 Å². The van der Waals surface area contributed by atoms with Crippen molar-refractivity contribution in [3.05, 3.63) is 87.0 Å². The smallest absolute Gasteiger partial charge is 0.298 e. The Morgan fingerprint density at radius 1 is 1.07 bits per heavy atom. The summed E-state index contributed by atoms with van der Waals surface area (Å²) in [7, 11) is 0.